The molecule has 102 valence electrons. The maximum Gasteiger partial charge on any atom is 0.435 e. The maximum atomic E-state index is 12.3. The minimum Gasteiger partial charge on any atom is -0.354 e. The number of rotatable bonds is 5. The molecule has 1 N–H and O–H groups in total. The molecule has 1 aromatic heterocycles. The lowest BCUT2D eigenvalue weighted by Crippen LogP contribution is -2.29. The van der Waals surface area contributed by atoms with E-state index in [-0.39, 0.29) is 12.5 Å². The van der Waals surface area contributed by atoms with Gasteiger partial charge in [0.1, 0.15) is 6.54 Å². The van der Waals surface area contributed by atoms with Crippen LogP contribution in [0.15, 0.2) is 12.3 Å². The fourth-order valence-corrected chi connectivity index (χ4v) is 1.30. The predicted octanol–water partition coefficient (Wildman–Crippen LogP) is 2.06. The molecule has 0 aliphatic rings. The minimum atomic E-state index is -4.47. The Hall–Kier alpha value is -1.53. The maximum absolute atomic E-state index is 12.3. The Bertz CT molecular complexity index is 398. The number of carbonyl (C=O) groups excluding carboxylic acids is 1. The summed E-state index contributed by atoms with van der Waals surface area (Å²) in [6, 6.07) is 0.849. The Balaban J connectivity index is 2.43. The van der Waals surface area contributed by atoms with E-state index in [4.69, 9.17) is 0 Å². The van der Waals surface area contributed by atoms with Crippen molar-refractivity contribution in [3.63, 3.8) is 0 Å². The van der Waals surface area contributed by atoms with Gasteiger partial charge in [-0.15, -0.1) is 0 Å². The van der Waals surface area contributed by atoms with Gasteiger partial charge in [-0.25, -0.2) is 0 Å². The monoisotopic (exact) mass is 263 g/mol. The van der Waals surface area contributed by atoms with Crippen LogP contribution in [-0.4, -0.2) is 22.2 Å². The van der Waals surface area contributed by atoms with Crippen molar-refractivity contribution < 1.29 is 18.0 Å². The zero-order chi connectivity index (χ0) is 13.8. The van der Waals surface area contributed by atoms with Crippen LogP contribution < -0.4 is 5.32 Å². The third kappa shape index (κ3) is 4.77. The zero-order valence-corrected chi connectivity index (χ0v) is 10.3. The van der Waals surface area contributed by atoms with Gasteiger partial charge in [0, 0.05) is 12.7 Å². The summed E-state index contributed by atoms with van der Waals surface area (Å²) in [5.74, 6) is 0.124. The van der Waals surface area contributed by atoms with Crippen LogP contribution in [0.25, 0.3) is 0 Å². The van der Waals surface area contributed by atoms with Gasteiger partial charge in [0.2, 0.25) is 5.91 Å². The molecule has 7 heteroatoms. The fourth-order valence-electron chi connectivity index (χ4n) is 1.30. The number of nitrogens with one attached hydrogen (secondary N) is 1. The molecule has 1 rings (SSSR count). The Morgan fingerprint density at radius 3 is 2.67 bits per heavy atom. The van der Waals surface area contributed by atoms with Gasteiger partial charge in [0.05, 0.1) is 0 Å². The Labute approximate surface area is 103 Å². The van der Waals surface area contributed by atoms with Gasteiger partial charge in [0.25, 0.3) is 0 Å². The molecular weight excluding hydrogens is 247 g/mol. The lowest BCUT2D eigenvalue weighted by atomic mass is 10.1. The summed E-state index contributed by atoms with van der Waals surface area (Å²) in [5.41, 5.74) is -0.988. The summed E-state index contributed by atoms with van der Waals surface area (Å²) in [6.07, 6.45) is -2.50. The normalized spacial score (nSPS) is 11.9. The number of halogens is 3. The molecule has 0 radical (unpaired) electrons. The molecule has 0 fully saturated rings. The number of nitrogens with zero attached hydrogens (tertiary/aromatic N) is 2. The van der Waals surface area contributed by atoms with Gasteiger partial charge in [-0.05, 0) is 18.4 Å². The van der Waals surface area contributed by atoms with Crippen LogP contribution in [-0.2, 0) is 17.5 Å². The summed E-state index contributed by atoms with van der Waals surface area (Å²) in [6.45, 7) is 4.36. The summed E-state index contributed by atoms with van der Waals surface area (Å²) in [4.78, 5) is 11.4. The van der Waals surface area contributed by atoms with E-state index in [1.807, 2.05) is 13.8 Å². The highest BCUT2D eigenvalue weighted by Gasteiger charge is 2.33. The molecule has 0 saturated carbocycles. The first-order chi connectivity index (χ1) is 8.29. The summed E-state index contributed by atoms with van der Waals surface area (Å²) in [5, 5.41) is 5.92. The van der Waals surface area contributed by atoms with Crippen LogP contribution in [0.1, 0.15) is 26.0 Å². The molecule has 0 atom stereocenters. The highest BCUT2D eigenvalue weighted by atomic mass is 19.4. The summed E-state index contributed by atoms with van der Waals surface area (Å²) >= 11 is 0. The van der Waals surface area contributed by atoms with Crippen LogP contribution in [0.3, 0.4) is 0 Å². The molecular formula is C11H16F3N3O. The topological polar surface area (TPSA) is 46.9 Å². The van der Waals surface area contributed by atoms with E-state index < -0.39 is 11.9 Å². The molecule has 0 saturated heterocycles. The molecule has 0 aromatic carbocycles. The van der Waals surface area contributed by atoms with Crippen molar-refractivity contribution in [1.82, 2.24) is 15.1 Å². The quantitative estimate of drug-likeness (QED) is 0.884. The number of hydrogen-bond donors (Lipinski definition) is 1. The molecule has 0 unspecified atom stereocenters. The van der Waals surface area contributed by atoms with E-state index in [0.717, 1.165) is 23.4 Å². The van der Waals surface area contributed by atoms with E-state index in [1.165, 1.54) is 0 Å². The molecule has 0 aliphatic heterocycles. The van der Waals surface area contributed by atoms with Gasteiger partial charge < -0.3 is 5.32 Å². The molecule has 4 nitrogen and oxygen atoms in total. The smallest absolute Gasteiger partial charge is 0.354 e. The summed E-state index contributed by atoms with van der Waals surface area (Å²) < 4.78 is 37.7. The van der Waals surface area contributed by atoms with E-state index in [0.29, 0.717) is 12.5 Å². The number of amides is 1. The highest BCUT2D eigenvalue weighted by Crippen LogP contribution is 2.27. The zero-order valence-electron chi connectivity index (χ0n) is 10.3. The number of carbonyl (C=O) groups is 1. The second-order valence-corrected chi connectivity index (χ2v) is 4.43. The van der Waals surface area contributed by atoms with Crippen molar-refractivity contribution in [3.8, 4) is 0 Å². The molecule has 0 aliphatic carbocycles. The first kappa shape index (κ1) is 14.5. The van der Waals surface area contributed by atoms with Gasteiger partial charge in [0.15, 0.2) is 5.69 Å². The lowest BCUT2D eigenvalue weighted by Gasteiger charge is -2.07. The Kier molecular flexibility index (Phi) is 4.75. The van der Waals surface area contributed by atoms with Crippen molar-refractivity contribution >= 4 is 5.91 Å². The SMILES string of the molecule is CC(C)CCNC(=O)Cn1ccc(C(F)(F)F)n1. The average molecular weight is 263 g/mol. The van der Waals surface area contributed by atoms with Gasteiger partial charge in [-0.3, -0.25) is 9.48 Å². The number of hydrogen-bond acceptors (Lipinski definition) is 2. The van der Waals surface area contributed by atoms with Crippen molar-refractivity contribution in [2.24, 2.45) is 5.92 Å². The second kappa shape index (κ2) is 5.88. The highest BCUT2D eigenvalue weighted by molar-refractivity contribution is 5.75. The van der Waals surface area contributed by atoms with Crippen molar-refractivity contribution in [1.29, 1.82) is 0 Å². The Morgan fingerprint density at radius 1 is 1.50 bits per heavy atom. The van der Waals surface area contributed by atoms with Gasteiger partial charge >= 0.3 is 6.18 Å². The first-order valence-electron chi connectivity index (χ1n) is 5.66. The lowest BCUT2D eigenvalue weighted by molar-refractivity contribution is -0.141. The second-order valence-electron chi connectivity index (χ2n) is 4.43. The molecule has 0 bridgehead atoms. The van der Waals surface area contributed by atoms with E-state index in [9.17, 15) is 18.0 Å². The molecule has 0 spiro atoms. The molecule has 1 aromatic rings. The van der Waals surface area contributed by atoms with E-state index in [1.54, 1.807) is 0 Å². The average Bonchev–Trinajstić information content (AvgIpc) is 2.64. The van der Waals surface area contributed by atoms with Crippen LogP contribution in [0.2, 0.25) is 0 Å². The van der Waals surface area contributed by atoms with Gasteiger partial charge in [-0.2, -0.15) is 18.3 Å². The van der Waals surface area contributed by atoms with Gasteiger partial charge in [-0.1, -0.05) is 13.8 Å². The Morgan fingerprint density at radius 2 is 2.17 bits per heavy atom. The van der Waals surface area contributed by atoms with Crippen molar-refractivity contribution in [3.05, 3.63) is 18.0 Å². The van der Waals surface area contributed by atoms with Crippen molar-refractivity contribution in [2.75, 3.05) is 6.54 Å². The largest absolute Gasteiger partial charge is 0.435 e. The molecule has 1 amide bonds. The van der Waals surface area contributed by atoms with Crippen molar-refractivity contribution in [2.45, 2.75) is 33.0 Å². The van der Waals surface area contributed by atoms with Crippen LogP contribution in [0.4, 0.5) is 13.2 Å². The van der Waals surface area contributed by atoms with E-state index in [2.05, 4.69) is 10.4 Å². The number of alkyl halides is 3. The summed E-state index contributed by atoms with van der Waals surface area (Å²) in [7, 11) is 0. The molecule has 18 heavy (non-hydrogen) atoms. The predicted molar refractivity (Wildman–Crippen MR) is 59.7 cm³/mol. The third-order valence-electron chi connectivity index (χ3n) is 2.28. The third-order valence-corrected chi connectivity index (χ3v) is 2.28. The minimum absolute atomic E-state index is 0.200. The number of aromatic nitrogens is 2. The van der Waals surface area contributed by atoms with Crippen LogP contribution >= 0.6 is 0 Å². The van der Waals surface area contributed by atoms with E-state index >= 15 is 0 Å². The standard InChI is InChI=1S/C11H16F3N3O/c1-8(2)3-5-15-10(18)7-17-6-4-9(16-17)11(12,13)14/h4,6,8H,3,5,7H2,1-2H3,(H,15,18). The van der Waals surface area contributed by atoms with Crippen LogP contribution in [0.5, 0.6) is 0 Å². The first-order valence-corrected chi connectivity index (χ1v) is 5.66. The fraction of sp³-hybridized carbons (Fsp3) is 0.636. The molecule has 1 heterocycles. The van der Waals surface area contributed by atoms with Crippen LogP contribution in [0, 0.1) is 5.92 Å².